The van der Waals surface area contributed by atoms with Crippen molar-refractivity contribution in [3.8, 4) is 46.0 Å². The largest absolute Gasteiger partial charge is 0.495 e. The number of benzene rings is 4. The van der Waals surface area contributed by atoms with Gasteiger partial charge in [-0.2, -0.15) is 23.8 Å². The van der Waals surface area contributed by atoms with Gasteiger partial charge in [0.2, 0.25) is 52.4 Å². The highest BCUT2D eigenvalue weighted by Gasteiger charge is 2.47. The van der Waals surface area contributed by atoms with Crippen LogP contribution in [0.4, 0.5) is 33.3 Å². The van der Waals surface area contributed by atoms with E-state index in [-0.39, 0.29) is 178 Å². The maximum Gasteiger partial charge on any atom is 0.350 e. The first-order chi connectivity index (χ1) is 68.0. The van der Waals surface area contributed by atoms with Gasteiger partial charge >= 0.3 is 5.92 Å². The molecular weight excluding hydrogens is 1990 g/mol. The van der Waals surface area contributed by atoms with Crippen molar-refractivity contribution in [3.05, 3.63) is 234 Å². The van der Waals surface area contributed by atoms with Crippen LogP contribution < -0.4 is 59.2 Å². The number of oxazole rings is 2. The number of ketones is 2. The number of ether oxygens (including phenoxy) is 11. The average Bonchev–Trinajstić information content (AvgIpc) is 1.37. The number of anilines is 1. The maximum absolute atomic E-state index is 15.6. The Morgan fingerprint density at radius 3 is 1.44 bits per heavy atom. The first kappa shape index (κ1) is 106. The van der Waals surface area contributed by atoms with Crippen LogP contribution in [0, 0.1) is 35.2 Å². The third kappa shape index (κ3) is 23.5. The lowest BCUT2D eigenvalue weighted by Crippen LogP contribution is -2.46. The molecule has 0 spiro atoms. The number of nitrogens with zero attached hydrogens (tertiary/aromatic N) is 12. The summed E-state index contributed by atoms with van der Waals surface area (Å²) in [4.78, 5) is 117. The number of aromatic nitrogens is 11. The van der Waals surface area contributed by atoms with Crippen LogP contribution in [0.2, 0.25) is 25.1 Å². The summed E-state index contributed by atoms with van der Waals surface area (Å²) in [5, 5.41) is 14.8. The van der Waals surface area contributed by atoms with Crippen molar-refractivity contribution in [1.82, 2.24) is 70.6 Å². The van der Waals surface area contributed by atoms with Crippen LogP contribution in [0.5, 0.6) is 46.0 Å². The number of methoxy groups -OCH3 is 8. The van der Waals surface area contributed by atoms with Crippen molar-refractivity contribution in [2.75, 3.05) is 102 Å². The molecule has 0 radical (unpaired) electrons. The second-order valence-corrected chi connectivity index (χ2v) is 35.6. The number of amides is 4. The fourth-order valence-electron chi connectivity index (χ4n) is 16.0. The Balaban J connectivity index is 0.000000159. The van der Waals surface area contributed by atoms with Crippen LogP contribution in [-0.4, -0.2) is 210 Å². The van der Waals surface area contributed by atoms with Gasteiger partial charge in [-0.1, -0.05) is 84.3 Å². The molecule has 0 aliphatic carbocycles. The average molecular weight is 2080 g/mol. The van der Waals surface area contributed by atoms with Gasteiger partial charge < -0.3 is 82.2 Å². The van der Waals surface area contributed by atoms with Gasteiger partial charge in [-0.3, -0.25) is 43.4 Å². The van der Waals surface area contributed by atoms with E-state index in [0.717, 1.165) is 34.4 Å². The van der Waals surface area contributed by atoms with E-state index in [4.69, 9.17) is 119 Å². The zero-order valence-corrected chi connectivity index (χ0v) is 82.8. The molecule has 4 amide bonds. The highest BCUT2D eigenvalue weighted by atomic mass is 35.5. The van der Waals surface area contributed by atoms with Crippen molar-refractivity contribution in [2.45, 2.75) is 94.7 Å². The SMILES string of the molecule is C=CC(=O)NC1CCOCC1Cc1cc2c(cn1)CC(C(=O)c1c(F)c(OC)cc(OC)c1Cl)=N2.C=CC(=O)NC1CCOCC1Cc1cc2nc(C(=O)c3c(F)c(OC)cc(OC)c3Cl)sc2cn1.C=CC(=O)NC1CCOCC1Cc1ncc2oc(C(C)(C)c3c(F)c(OC)cc(OC)c3Cl)nc2n1.C=CC(=O)Nc1cn(C)nc1Cc1ncc2oc(C(F)(F)c3c(Cl)c(OC)cc(OC)c3Cl)nc2n1. The highest BCUT2D eigenvalue weighted by Crippen LogP contribution is 2.52. The molecule has 0 saturated carbocycles. The Morgan fingerprint density at radius 2 is 0.937 bits per heavy atom. The van der Waals surface area contributed by atoms with E-state index in [0.29, 0.717) is 123 Å². The topological polar surface area (TPSA) is 425 Å². The molecule has 12 aromatic rings. The third-order valence-corrected chi connectivity index (χ3v) is 26.2. The number of Topliss-reactive ketones (excluding diaryl/α,β-unsaturated/α-hetero) is 1. The van der Waals surface area contributed by atoms with Gasteiger partial charge in [0.05, 0.1) is 176 Å². The summed E-state index contributed by atoms with van der Waals surface area (Å²) in [6.07, 6.45) is 16.4. The molecule has 46 heteroatoms. The first-order valence-corrected chi connectivity index (χ1v) is 46.1. The fourth-order valence-corrected chi connectivity index (χ4v) is 18.6. The van der Waals surface area contributed by atoms with Crippen LogP contribution >= 0.6 is 69.3 Å². The van der Waals surface area contributed by atoms with E-state index in [1.165, 1.54) is 116 Å². The number of hydrogen-bond donors (Lipinski definition) is 4. The summed E-state index contributed by atoms with van der Waals surface area (Å²) in [5.74, 6) is -8.66. The molecular formula is C96H94Cl5F5N16O19S. The van der Waals surface area contributed by atoms with Crippen molar-refractivity contribution >= 4 is 154 Å². The number of rotatable bonds is 32. The fraction of sp³-hybridized carbons (Fsp3) is 0.344. The Labute approximate surface area is 837 Å². The van der Waals surface area contributed by atoms with Gasteiger partial charge in [0.25, 0.3) is 5.89 Å². The van der Waals surface area contributed by atoms with Crippen LogP contribution in [0.25, 0.3) is 32.7 Å². The first-order valence-electron chi connectivity index (χ1n) is 43.4. The van der Waals surface area contributed by atoms with Crippen molar-refractivity contribution < 1.29 is 112 Å². The van der Waals surface area contributed by atoms with Gasteiger partial charge in [0.15, 0.2) is 50.9 Å². The summed E-state index contributed by atoms with van der Waals surface area (Å²) in [7, 11) is 12.3. The second-order valence-electron chi connectivity index (χ2n) is 32.7. The molecule has 6 unspecified atom stereocenters. The second kappa shape index (κ2) is 46.6. The van der Waals surface area contributed by atoms with Crippen LogP contribution in [0.1, 0.15) is 116 Å². The van der Waals surface area contributed by atoms with Crippen molar-refractivity contribution in [3.63, 3.8) is 0 Å². The number of hydrogen-bond acceptors (Lipinski definition) is 31. The van der Waals surface area contributed by atoms with E-state index >= 15 is 13.2 Å². The van der Waals surface area contributed by atoms with Crippen molar-refractivity contribution in [2.24, 2.45) is 29.8 Å². The Kier molecular flexibility index (Phi) is 34.7. The molecule has 12 heterocycles. The molecule has 16 rings (SSSR count). The molecule has 8 aromatic heterocycles. The molecule has 4 aliphatic rings. The number of pyridine rings is 2. The third-order valence-electron chi connectivity index (χ3n) is 23.3. The lowest BCUT2D eigenvalue weighted by atomic mass is 9.83. The Morgan fingerprint density at radius 1 is 0.507 bits per heavy atom. The Hall–Kier alpha value is -13.4. The molecule has 3 saturated heterocycles. The molecule has 6 atom stereocenters. The number of aliphatic imine (C=N–C) groups is 1. The minimum atomic E-state index is -3.88. The van der Waals surface area contributed by atoms with E-state index in [2.05, 4.69) is 103 Å². The monoisotopic (exact) mass is 2080 g/mol. The molecule has 4 aliphatic heterocycles. The van der Waals surface area contributed by atoms with Crippen LogP contribution in [0.15, 0.2) is 132 Å². The number of alkyl halides is 2. The molecule has 142 heavy (non-hydrogen) atoms. The number of carbonyl (C=O) groups excluding carboxylic acids is 6. The normalized spacial score (nSPS) is 16.6. The summed E-state index contributed by atoms with van der Waals surface area (Å²) in [6.45, 7) is 20.5. The molecule has 4 aromatic carbocycles. The summed E-state index contributed by atoms with van der Waals surface area (Å²) >= 11 is 32.4. The van der Waals surface area contributed by atoms with Gasteiger partial charge in [-0.05, 0) is 82.4 Å². The summed E-state index contributed by atoms with van der Waals surface area (Å²) < 4.78 is 148. The number of halogens is 10. The molecule has 0 bridgehead atoms. The quantitative estimate of drug-likeness (QED) is 0.0173. The lowest BCUT2D eigenvalue weighted by Gasteiger charge is -2.31. The number of aryl methyl sites for hydroxylation is 1. The van der Waals surface area contributed by atoms with Crippen molar-refractivity contribution in [1.29, 1.82) is 0 Å². The molecule has 748 valence electrons. The summed E-state index contributed by atoms with van der Waals surface area (Å²) in [6, 6.07) is 8.64. The van der Waals surface area contributed by atoms with E-state index in [1.807, 2.05) is 0 Å². The van der Waals surface area contributed by atoms with Gasteiger partial charge in [-0.25, -0.2) is 43.1 Å². The van der Waals surface area contributed by atoms with E-state index < -0.39 is 67.8 Å². The zero-order valence-electron chi connectivity index (χ0n) is 78.2. The van der Waals surface area contributed by atoms with Crippen LogP contribution in [-0.2, 0) is 83.9 Å². The number of thiazole rings is 1. The van der Waals surface area contributed by atoms with Gasteiger partial charge in [0, 0.05) is 141 Å². The number of fused-ring (bicyclic) bond motifs is 4. The molecule has 3 fully saturated rings. The lowest BCUT2D eigenvalue weighted by molar-refractivity contribution is -0.119. The van der Waals surface area contributed by atoms with Crippen LogP contribution in [0.3, 0.4) is 0 Å². The zero-order chi connectivity index (χ0) is 102. The predicted octanol–water partition coefficient (Wildman–Crippen LogP) is 16.2. The highest BCUT2D eigenvalue weighted by molar-refractivity contribution is 7.20. The maximum atomic E-state index is 15.6. The van der Waals surface area contributed by atoms with Gasteiger partial charge in [0.1, 0.15) is 40.4 Å². The van der Waals surface area contributed by atoms with E-state index in [1.54, 1.807) is 51.6 Å². The summed E-state index contributed by atoms with van der Waals surface area (Å²) in [5.41, 5.74) is 2.40. The number of nitrogens with one attached hydrogen (secondary N) is 4. The van der Waals surface area contributed by atoms with Gasteiger partial charge in [-0.15, -0.1) is 11.3 Å². The molecule has 4 N–H and O–H groups in total. The number of carbonyl (C=O) groups is 6. The minimum absolute atomic E-state index is 0.00897. The smallest absolute Gasteiger partial charge is 0.350 e. The van der Waals surface area contributed by atoms with E-state index in [9.17, 15) is 37.5 Å². The minimum Gasteiger partial charge on any atom is -0.495 e. The Bertz CT molecular complexity index is 6790. The standard InChI is InChI=1S/C25H28ClFN4O5.C25H25ClFN3O5.C24H23ClFN3O5S.C22H18Cl2F2N6O4/c1-6-19(32)29-14-7-8-35-12-13(14)9-18-28-11-17-23(30-18)31-24(36-17)25(2,3)20-21(26)15(33-4)10-16(34-5)22(20)27;1-4-21(31)30-16-5-6-35-12-14(16)7-15-9-17-13(11-28-15)8-18(29-17)25(32)22-23(26)19(33-2)10-20(34-3)24(22)27;1-4-19(30)28-14-5-6-34-11-12(14)7-13-8-15-18(10-27-13)35-24(29-15)23(31)20-21(25)16(32-2)9-17(33-3)22(20)26;1-5-16(33)28-11-9-32(2)31-10(11)6-15-27-8-14-20(29-15)30-21(36-14)22(25,26)17-18(23)12(34-3)7-13(35-4)19(17)24/h6,10-11,13-14H,1,7-9,12H2,2-5H3,(H,29,32);4,9-11,14,16H,1,5-8,12H2,2-3H3,(H,30,31);4,8-10,12,14H,1,5-7,11H2,2-3H3,(H,28,30);5,7-9H,1,6H2,2-4H3,(H,28,33). The molecule has 35 nitrogen and oxygen atoms in total. The predicted molar refractivity (Wildman–Crippen MR) is 517 cm³/mol.